The zero-order valence-corrected chi connectivity index (χ0v) is 10.6. The number of nitrogens with one attached hydrogen (secondary N) is 1. The number of carbonyl (C=O) groups excluding carboxylic acids is 1. The molecule has 94 valence electrons. The maximum atomic E-state index is 11.0. The van der Waals surface area contributed by atoms with Crippen molar-refractivity contribution in [1.82, 2.24) is 4.98 Å². The Kier molecular flexibility index (Phi) is 3.77. The molecule has 0 aliphatic carbocycles. The SMILES string of the molecule is COC(=O)CCNc1ccc2nc(C)ccc2c1. The molecule has 4 nitrogen and oxygen atoms in total. The Bertz CT molecular complexity index is 567. The van der Waals surface area contributed by atoms with Gasteiger partial charge in [-0.05, 0) is 31.2 Å². The number of carbonyl (C=O) groups is 1. The smallest absolute Gasteiger partial charge is 0.307 e. The zero-order chi connectivity index (χ0) is 13.0. The van der Waals surface area contributed by atoms with Crippen molar-refractivity contribution < 1.29 is 9.53 Å². The molecule has 0 aliphatic rings. The molecule has 0 spiro atoms. The van der Waals surface area contributed by atoms with Crippen molar-refractivity contribution in [3.63, 3.8) is 0 Å². The molecule has 0 amide bonds. The Morgan fingerprint density at radius 3 is 2.94 bits per heavy atom. The molecular formula is C14H16N2O2. The first-order valence-corrected chi connectivity index (χ1v) is 5.87. The second kappa shape index (κ2) is 5.49. The maximum Gasteiger partial charge on any atom is 0.307 e. The third-order valence-corrected chi connectivity index (χ3v) is 2.71. The van der Waals surface area contributed by atoms with E-state index in [0.717, 1.165) is 22.3 Å². The van der Waals surface area contributed by atoms with E-state index in [2.05, 4.69) is 15.0 Å². The van der Waals surface area contributed by atoms with Crippen LogP contribution in [-0.4, -0.2) is 24.6 Å². The highest BCUT2D eigenvalue weighted by molar-refractivity contribution is 5.82. The first-order chi connectivity index (χ1) is 8.69. The lowest BCUT2D eigenvalue weighted by molar-refractivity contribution is -0.140. The first kappa shape index (κ1) is 12.4. The number of hydrogen-bond donors (Lipinski definition) is 1. The molecule has 0 atom stereocenters. The summed E-state index contributed by atoms with van der Waals surface area (Å²) in [5.41, 5.74) is 2.97. The highest BCUT2D eigenvalue weighted by Crippen LogP contribution is 2.17. The Labute approximate surface area is 106 Å². The van der Waals surface area contributed by atoms with Crippen LogP contribution in [0.3, 0.4) is 0 Å². The van der Waals surface area contributed by atoms with Gasteiger partial charge in [0.15, 0.2) is 0 Å². The highest BCUT2D eigenvalue weighted by atomic mass is 16.5. The Morgan fingerprint density at radius 2 is 2.17 bits per heavy atom. The fraction of sp³-hybridized carbons (Fsp3) is 0.286. The molecule has 1 N–H and O–H groups in total. The molecule has 4 heteroatoms. The van der Waals surface area contributed by atoms with Crippen molar-refractivity contribution in [3.8, 4) is 0 Å². The Balaban J connectivity index is 2.06. The normalized spacial score (nSPS) is 10.3. The molecule has 0 saturated heterocycles. The molecule has 1 aromatic carbocycles. The van der Waals surface area contributed by atoms with Gasteiger partial charge in [-0.1, -0.05) is 6.07 Å². The summed E-state index contributed by atoms with van der Waals surface area (Å²) in [5.74, 6) is -0.208. The molecule has 0 bridgehead atoms. The summed E-state index contributed by atoms with van der Waals surface area (Å²) >= 11 is 0. The van der Waals surface area contributed by atoms with Crippen LogP contribution in [0.25, 0.3) is 10.9 Å². The van der Waals surface area contributed by atoms with Crippen LogP contribution in [0.5, 0.6) is 0 Å². The van der Waals surface area contributed by atoms with Gasteiger partial charge in [0.1, 0.15) is 0 Å². The third kappa shape index (κ3) is 2.97. The van der Waals surface area contributed by atoms with Crippen LogP contribution < -0.4 is 5.32 Å². The summed E-state index contributed by atoms with van der Waals surface area (Å²) in [6.07, 6.45) is 0.362. The lowest BCUT2D eigenvalue weighted by Gasteiger charge is -2.07. The van der Waals surface area contributed by atoms with E-state index in [1.54, 1.807) is 0 Å². The number of fused-ring (bicyclic) bond motifs is 1. The van der Waals surface area contributed by atoms with Crippen LogP contribution in [0.1, 0.15) is 12.1 Å². The van der Waals surface area contributed by atoms with Crippen LogP contribution in [0, 0.1) is 6.92 Å². The largest absolute Gasteiger partial charge is 0.469 e. The third-order valence-electron chi connectivity index (χ3n) is 2.71. The van der Waals surface area contributed by atoms with Crippen molar-refractivity contribution in [2.45, 2.75) is 13.3 Å². The summed E-state index contributed by atoms with van der Waals surface area (Å²) in [5, 5.41) is 4.27. The number of rotatable bonds is 4. The molecule has 18 heavy (non-hydrogen) atoms. The van der Waals surface area contributed by atoms with E-state index in [1.165, 1.54) is 7.11 Å². The van der Waals surface area contributed by atoms with E-state index in [-0.39, 0.29) is 5.97 Å². The predicted molar refractivity (Wildman–Crippen MR) is 71.6 cm³/mol. The number of hydrogen-bond acceptors (Lipinski definition) is 4. The number of benzene rings is 1. The van der Waals surface area contributed by atoms with Gasteiger partial charge in [0, 0.05) is 23.3 Å². The predicted octanol–water partition coefficient (Wildman–Crippen LogP) is 2.52. The second-order valence-electron chi connectivity index (χ2n) is 4.11. The minimum atomic E-state index is -0.208. The van der Waals surface area contributed by atoms with E-state index >= 15 is 0 Å². The van der Waals surface area contributed by atoms with Crippen LogP contribution in [0.15, 0.2) is 30.3 Å². The number of aromatic nitrogens is 1. The summed E-state index contributed by atoms with van der Waals surface area (Å²) in [6, 6.07) is 10.00. The minimum Gasteiger partial charge on any atom is -0.469 e. The fourth-order valence-corrected chi connectivity index (χ4v) is 1.75. The number of methoxy groups -OCH3 is 1. The summed E-state index contributed by atoms with van der Waals surface area (Å²) < 4.78 is 4.58. The number of ether oxygens (including phenoxy) is 1. The van der Waals surface area contributed by atoms with Gasteiger partial charge in [0.25, 0.3) is 0 Å². The van der Waals surface area contributed by atoms with Crippen LogP contribution in [-0.2, 0) is 9.53 Å². The van der Waals surface area contributed by atoms with Gasteiger partial charge in [0.05, 0.1) is 19.0 Å². The van der Waals surface area contributed by atoms with Crippen molar-refractivity contribution in [1.29, 1.82) is 0 Å². The molecular weight excluding hydrogens is 228 g/mol. The van der Waals surface area contributed by atoms with Crippen LogP contribution in [0.4, 0.5) is 5.69 Å². The molecule has 0 radical (unpaired) electrons. The van der Waals surface area contributed by atoms with E-state index in [4.69, 9.17) is 0 Å². The average Bonchev–Trinajstić information content (AvgIpc) is 2.38. The van der Waals surface area contributed by atoms with E-state index < -0.39 is 0 Å². The summed E-state index contributed by atoms with van der Waals surface area (Å²) in [6.45, 7) is 2.54. The van der Waals surface area contributed by atoms with Gasteiger partial charge in [-0.2, -0.15) is 0 Å². The van der Waals surface area contributed by atoms with Crippen molar-refractivity contribution in [2.24, 2.45) is 0 Å². The van der Waals surface area contributed by atoms with Gasteiger partial charge < -0.3 is 10.1 Å². The van der Waals surface area contributed by atoms with E-state index in [1.807, 2.05) is 37.3 Å². The minimum absolute atomic E-state index is 0.208. The zero-order valence-electron chi connectivity index (χ0n) is 10.6. The van der Waals surface area contributed by atoms with Crippen molar-refractivity contribution >= 4 is 22.6 Å². The van der Waals surface area contributed by atoms with Crippen LogP contribution in [0.2, 0.25) is 0 Å². The Morgan fingerprint density at radius 1 is 1.33 bits per heavy atom. The molecule has 2 aromatic rings. The molecule has 1 heterocycles. The molecule has 0 fully saturated rings. The molecule has 0 unspecified atom stereocenters. The lowest BCUT2D eigenvalue weighted by atomic mass is 10.2. The van der Waals surface area contributed by atoms with Crippen LogP contribution >= 0.6 is 0 Å². The molecule has 2 rings (SSSR count). The van der Waals surface area contributed by atoms with Crippen molar-refractivity contribution in [3.05, 3.63) is 36.0 Å². The van der Waals surface area contributed by atoms with Gasteiger partial charge in [-0.25, -0.2) is 0 Å². The van der Waals surface area contributed by atoms with E-state index in [9.17, 15) is 4.79 Å². The van der Waals surface area contributed by atoms with Gasteiger partial charge in [0.2, 0.25) is 0 Å². The van der Waals surface area contributed by atoms with Gasteiger partial charge in [-0.15, -0.1) is 0 Å². The number of nitrogens with zero attached hydrogens (tertiary/aromatic N) is 1. The Hall–Kier alpha value is -2.10. The molecule has 0 saturated carbocycles. The lowest BCUT2D eigenvalue weighted by Crippen LogP contribution is -2.09. The second-order valence-corrected chi connectivity index (χ2v) is 4.11. The summed E-state index contributed by atoms with van der Waals surface area (Å²) in [4.78, 5) is 15.4. The number of anilines is 1. The topological polar surface area (TPSA) is 51.2 Å². The highest BCUT2D eigenvalue weighted by Gasteiger charge is 2.01. The van der Waals surface area contributed by atoms with Crippen molar-refractivity contribution in [2.75, 3.05) is 19.0 Å². The maximum absolute atomic E-state index is 11.0. The molecule has 0 aliphatic heterocycles. The standard InChI is InChI=1S/C14H16N2O2/c1-10-3-4-11-9-12(5-6-13(11)16-10)15-8-7-14(17)18-2/h3-6,9,15H,7-8H2,1-2H3. The number of esters is 1. The number of aryl methyl sites for hydroxylation is 1. The number of pyridine rings is 1. The average molecular weight is 244 g/mol. The summed E-state index contributed by atoms with van der Waals surface area (Å²) in [7, 11) is 1.40. The van der Waals surface area contributed by atoms with Gasteiger partial charge >= 0.3 is 5.97 Å². The van der Waals surface area contributed by atoms with E-state index in [0.29, 0.717) is 13.0 Å². The quantitative estimate of drug-likeness (QED) is 0.840. The fourth-order valence-electron chi connectivity index (χ4n) is 1.75. The molecule has 1 aromatic heterocycles. The monoisotopic (exact) mass is 244 g/mol. The first-order valence-electron chi connectivity index (χ1n) is 5.87. The van der Waals surface area contributed by atoms with Gasteiger partial charge in [-0.3, -0.25) is 9.78 Å².